The topological polar surface area (TPSA) is 96.7 Å². The molecule has 0 bridgehead atoms. The third-order valence-electron chi connectivity index (χ3n) is 3.36. The highest BCUT2D eigenvalue weighted by Crippen LogP contribution is 2.21. The van der Waals surface area contributed by atoms with Crippen LogP contribution < -0.4 is 5.56 Å². The lowest BCUT2D eigenvalue weighted by Crippen LogP contribution is -2.26. The van der Waals surface area contributed by atoms with Crippen LogP contribution in [0.1, 0.15) is 30.1 Å². The lowest BCUT2D eigenvalue weighted by Gasteiger charge is -2.07. The third kappa shape index (κ3) is 4.86. The number of fused-ring (bicyclic) bond motifs is 1. The minimum atomic E-state index is -0.581. The number of esters is 2. The number of ether oxygens (including phenoxy) is 3. The predicted molar refractivity (Wildman–Crippen MR) is 91.9 cm³/mol. The fourth-order valence-electron chi connectivity index (χ4n) is 2.04. The molecule has 0 unspecified atom stereocenters. The van der Waals surface area contributed by atoms with Gasteiger partial charge in [0.15, 0.2) is 0 Å². The van der Waals surface area contributed by atoms with Gasteiger partial charge in [0.05, 0.1) is 30.5 Å². The van der Waals surface area contributed by atoms with E-state index in [1.54, 1.807) is 5.38 Å². The van der Waals surface area contributed by atoms with E-state index in [-0.39, 0.29) is 30.7 Å². The van der Waals surface area contributed by atoms with Gasteiger partial charge in [0.25, 0.3) is 5.56 Å². The molecule has 0 saturated carbocycles. The summed E-state index contributed by atoms with van der Waals surface area (Å²) in [6.07, 6.45) is 2.92. The van der Waals surface area contributed by atoms with Crippen molar-refractivity contribution >= 4 is 33.5 Å². The molecular weight excluding hydrogens is 348 g/mol. The lowest BCUT2D eigenvalue weighted by molar-refractivity contribution is -0.145. The lowest BCUT2D eigenvalue weighted by atomic mass is 10.2. The highest BCUT2D eigenvalue weighted by atomic mass is 32.1. The third-order valence-corrected chi connectivity index (χ3v) is 4.25. The minimum absolute atomic E-state index is 0.104. The highest BCUT2D eigenvalue weighted by Gasteiger charge is 2.19. The number of hydrogen-bond donors (Lipinski definition) is 0. The summed E-state index contributed by atoms with van der Waals surface area (Å²) in [5, 5.41) is 1.72. The second-order valence-electron chi connectivity index (χ2n) is 5.21. The molecule has 2 heterocycles. The summed E-state index contributed by atoms with van der Waals surface area (Å²) in [5.74, 6) is -1.14. The van der Waals surface area contributed by atoms with Gasteiger partial charge in [-0.25, -0.2) is 9.78 Å². The number of carbonyl (C=O) groups is 2. The van der Waals surface area contributed by atoms with E-state index in [2.05, 4.69) is 4.98 Å². The fourth-order valence-corrected chi connectivity index (χ4v) is 2.91. The van der Waals surface area contributed by atoms with Gasteiger partial charge >= 0.3 is 11.9 Å². The first-order valence-corrected chi connectivity index (χ1v) is 8.74. The van der Waals surface area contributed by atoms with Gasteiger partial charge in [-0.1, -0.05) is 13.3 Å². The summed E-state index contributed by atoms with van der Waals surface area (Å²) in [6, 6.07) is 0. The minimum Gasteiger partial charge on any atom is -0.462 e. The molecule has 0 amide bonds. The molecular formula is C16H20N2O6S. The zero-order chi connectivity index (χ0) is 18.2. The molecule has 0 aliphatic heterocycles. The molecule has 9 heteroatoms. The molecule has 2 aromatic rings. The fraction of sp³-hybridized carbons (Fsp3) is 0.500. The number of methoxy groups -OCH3 is 1. The van der Waals surface area contributed by atoms with Gasteiger partial charge in [-0.05, 0) is 6.42 Å². The summed E-state index contributed by atoms with van der Waals surface area (Å²) < 4.78 is 16.0. The molecule has 0 saturated heterocycles. The Kier molecular flexibility index (Phi) is 7.08. The van der Waals surface area contributed by atoms with Crippen molar-refractivity contribution in [1.29, 1.82) is 0 Å². The van der Waals surface area contributed by atoms with Gasteiger partial charge in [-0.2, -0.15) is 0 Å². The van der Waals surface area contributed by atoms with Crippen LogP contribution in [0.4, 0.5) is 0 Å². The Labute approximate surface area is 148 Å². The Morgan fingerprint density at radius 2 is 2.04 bits per heavy atom. The molecule has 0 spiro atoms. The van der Waals surface area contributed by atoms with Crippen LogP contribution in [-0.4, -0.2) is 48.4 Å². The number of hydrogen-bond acceptors (Lipinski definition) is 8. The Bertz CT molecular complexity index is 798. The number of aromatic nitrogens is 2. The standard InChI is InChI=1S/C16H20N2O6S/c1-3-4-5-24-16(21)11-9-25-14-13(11)15(20)18(10-17-14)8-12(19)23-7-6-22-2/h9-10H,3-8H2,1-2H3. The number of thiophene rings is 1. The summed E-state index contributed by atoms with van der Waals surface area (Å²) in [7, 11) is 1.49. The summed E-state index contributed by atoms with van der Waals surface area (Å²) in [4.78, 5) is 41.1. The van der Waals surface area contributed by atoms with Crippen LogP contribution in [0.5, 0.6) is 0 Å². The predicted octanol–water partition coefficient (Wildman–Crippen LogP) is 1.60. The number of nitrogens with zero attached hydrogens (tertiary/aromatic N) is 2. The van der Waals surface area contributed by atoms with E-state index in [0.717, 1.165) is 17.4 Å². The van der Waals surface area contributed by atoms with Crippen molar-refractivity contribution in [3.8, 4) is 0 Å². The van der Waals surface area contributed by atoms with E-state index in [1.807, 2.05) is 6.92 Å². The first-order chi connectivity index (χ1) is 12.1. The number of unbranched alkanes of at least 4 members (excludes halogenated alkanes) is 1. The summed E-state index contributed by atoms with van der Waals surface area (Å²) >= 11 is 1.18. The van der Waals surface area contributed by atoms with Gasteiger partial charge in [-0.15, -0.1) is 11.3 Å². The van der Waals surface area contributed by atoms with E-state index in [9.17, 15) is 14.4 Å². The smallest absolute Gasteiger partial charge is 0.339 e. The second kappa shape index (κ2) is 9.28. The molecule has 2 aromatic heterocycles. The first-order valence-electron chi connectivity index (χ1n) is 7.86. The Balaban J connectivity index is 2.20. The van der Waals surface area contributed by atoms with E-state index in [0.29, 0.717) is 11.4 Å². The molecule has 0 aromatic carbocycles. The van der Waals surface area contributed by atoms with E-state index in [4.69, 9.17) is 14.2 Å². The van der Waals surface area contributed by atoms with E-state index >= 15 is 0 Å². The maximum absolute atomic E-state index is 12.6. The van der Waals surface area contributed by atoms with Crippen LogP contribution in [0.3, 0.4) is 0 Å². The Morgan fingerprint density at radius 1 is 1.24 bits per heavy atom. The van der Waals surface area contributed by atoms with Gasteiger partial charge in [0, 0.05) is 12.5 Å². The largest absolute Gasteiger partial charge is 0.462 e. The van der Waals surface area contributed by atoms with E-state index < -0.39 is 17.5 Å². The Morgan fingerprint density at radius 3 is 2.76 bits per heavy atom. The zero-order valence-electron chi connectivity index (χ0n) is 14.1. The molecule has 0 atom stereocenters. The molecule has 0 aliphatic rings. The quantitative estimate of drug-likeness (QED) is 0.490. The summed E-state index contributed by atoms with van der Waals surface area (Å²) in [6.45, 7) is 2.38. The first kappa shape index (κ1) is 19.1. The second-order valence-corrected chi connectivity index (χ2v) is 6.07. The van der Waals surface area contributed by atoms with Crippen molar-refractivity contribution < 1.29 is 23.8 Å². The maximum atomic E-state index is 12.6. The SMILES string of the molecule is CCCCOC(=O)c1csc2ncn(CC(=O)OCCOC)c(=O)c12. The summed E-state index contributed by atoms with van der Waals surface area (Å²) in [5.41, 5.74) is -0.298. The van der Waals surface area contributed by atoms with Crippen molar-refractivity contribution in [3.63, 3.8) is 0 Å². The van der Waals surface area contributed by atoms with Crippen molar-refractivity contribution in [2.45, 2.75) is 26.3 Å². The zero-order valence-corrected chi connectivity index (χ0v) is 15.0. The number of rotatable bonds is 9. The molecule has 0 N–H and O–H groups in total. The average molecular weight is 368 g/mol. The van der Waals surface area contributed by atoms with Gasteiger partial charge in [0.1, 0.15) is 18.0 Å². The van der Waals surface area contributed by atoms with Crippen LogP contribution in [0, 0.1) is 0 Å². The molecule has 0 radical (unpaired) electrons. The van der Waals surface area contributed by atoms with Gasteiger partial charge in [-0.3, -0.25) is 14.2 Å². The van der Waals surface area contributed by atoms with Crippen molar-refractivity contribution in [2.24, 2.45) is 0 Å². The molecule has 25 heavy (non-hydrogen) atoms. The van der Waals surface area contributed by atoms with E-state index in [1.165, 1.54) is 24.8 Å². The molecule has 0 aliphatic carbocycles. The van der Waals surface area contributed by atoms with Crippen molar-refractivity contribution in [3.05, 3.63) is 27.6 Å². The normalized spacial score (nSPS) is 10.8. The molecule has 2 rings (SSSR count). The average Bonchev–Trinajstić information content (AvgIpc) is 3.03. The van der Waals surface area contributed by atoms with Crippen molar-refractivity contribution in [2.75, 3.05) is 26.9 Å². The van der Waals surface area contributed by atoms with Crippen LogP contribution in [-0.2, 0) is 25.5 Å². The van der Waals surface area contributed by atoms with Gasteiger partial charge < -0.3 is 14.2 Å². The molecule has 136 valence electrons. The number of carbonyl (C=O) groups excluding carboxylic acids is 2. The monoisotopic (exact) mass is 368 g/mol. The Hall–Kier alpha value is -2.26. The highest BCUT2D eigenvalue weighted by molar-refractivity contribution is 7.17. The molecule has 8 nitrogen and oxygen atoms in total. The van der Waals surface area contributed by atoms with Crippen LogP contribution in [0.2, 0.25) is 0 Å². The molecule has 0 fully saturated rings. The van der Waals surface area contributed by atoms with Crippen LogP contribution in [0.15, 0.2) is 16.5 Å². The van der Waals surface area contributed by atoms with Gasteiger partial charge in [0.2, 0.25) is 0 Å². The van der Waals surface area contributed by atoms with Crippen LogP contribution in [0.25, 0.3) is 10.2 Å². The van der Waals surface area contributed by atoms with Crippen LogP contribution >= 0.6 is 11.3 Å². The van der Waals surface area contributed by atoms with Crippen molar-refractivity contribution in [1.82, 2.24) is 9.55 Å². The maximum Gasteiger partial charge on any atom is 0.339 e.